The summed E-state index contributed by atoms with van der Waals surface area (Å²) in [6.07, 6.45) is 0. The Morgan fingerprint density at radius 3 is 2.14 bits per heavy atom. The quantitative estimate of drug-likeness (QED) is 0.759. The number of amides is 2. The smallest absolute Gasteiger partial charge is 0.333 e. The Morgan fingerprint density at radius 2 is 1.64 bits per heavy atom. The average molecular weight is 407 g/mol. The first-order chi connectivity index (χ1) is 13.1. The van der Waals surface area contributed by atoms with Crippen molar-refractivity contribution in [3.63, 3.8) is 0 Å². The van der Waals surface area contributed by atoms with Crippen molar-refractivity contribution in [2.45, 2.75) is 51.3 Å². The second-order valence-corrected chi connectivity index (χ2v) is 8.69. The van der Waals surface area contributed by atoms with Crippen molar-refractivity contribution in [3.05, 3.63) is 41.1 Å². The second-order valence-electron chi connectivity index (χ2n) is 7.04. The molecule has 2 N–H and O–H groups in total. The predicted molar refractivity (Wildman–Crippen MR) is 107 cm³/mol. The van der Waals surface area contributed by atoms with Crippen molar-refractivity contribution in [2.24, 2.45) is 0 Å². The van der Waals surface area contributed by atoms with Gasteiger partial charge in [-0.15, -0.1) is 5.10 Å². The molecule has 0 atom stereocenters. The van der Waals surface area contributed by atoms with E-state index in [9.17, 15) is 13.2 Å². The molecule has 0 spiro atoms. The van der Waals surface area contributed by atoms with Gasteiger partial charge in [0, 0.05) is 5.69 Å². The molecule has 0 radical (unpaired) electrons. The van der Waals surface area contributed by atoms with Gasteiger partial charge in [0.15, 0.2) is 4.90 Å². The molecule has 0 aliphatic carbocycles. The second kappa shape index (κ2) is 8.55. The van der Waals surface area contributed by atoms with Crippen LogP contribution in [0.3, 0.4) is 0 Å². The first kappa shape index (κ1) is 21.6. The summed E-state index contributed by atoms with van der Waals surface area (Å²) in [6, 6.07) is 6.20. The van der Waals surface area contributed by atoms with Gasteiger partial charge >= 0.3 is 6.03 Å². The molecule has 2 aromatic rings. The molecule has 0 bridgehead atoms. The van der Waals surface area contributed by atoms with Gasteiger partial charge in [-0.25, -0.2) is 17.9 Å². The number of carbonyl (C=O) groups excluding carboxylic acids is 1. The summed E-state index contributed by atoms with van der Waals surface area (Å²) < 4.78 is 32.4. The van der Waals surface area contributed by atoms with Crippen LogP contribution in [0.5, 0.6) is 5.88 Å². The molecule has 2 rings (SSSR count). The zero-order valence-corrected chi connectivity index (χ0v) is 17.7. The van der Waals surface area contributed by atoms with Crippen molar-refractivity contribution < 1.29 is 17.9 Å². The van der Waals surface area contributed by atoms with Crippen LogP contribution in [0.15, 0.2) is 29.2 Å². The summed E-state index contributed by atoms with van der Waals surface area (Å²) in [5.74, 6) is 0.117. The standard InChI is InChI=1S/C19H26N4O4S/c1-11(2)14-8-7-9-15(12(3)4)17(14)20-19(24)23-28(25,26)16-10-13(5)21-22-18(16)27-6/h7-12H,1-6H3,(H2,20,23,24). The summed E-state index contributed by atoms with van der Waals surface area (Å²) in [5, 5.41) is 10.2. The molecule has 0 aliphatic heterocycles. The number of nitrogens with zero attached hydrogens (tertiary/aromatic N) is 2. The molecule has 1 aromatic carbocycles. The highest BCUT2D eigenvalue weighted by Gasteiger charge is 2.25. The highest BCUT2D eigenvalue weighted by Crippen LogP contribution is 2.32. The van der Waals surface area contributed by atoms with E-state index in [0.717, 1.165) is 11.1 Å². The summed E-state index contributed by atoms with van der Waals surface area (Å²) in [6.45, 7) is 9.63. The minimum absolute atomic E-state index is 0.151. The van der Waals surface area contributed by atoms with Crippen LogP contribution < -0.4 is 14.8 Å². The highest BCUT2D eigenvalue weighted by molar-refractivity contribution is 7.90. The Kier molecular flexibility index (Phi) is 6.60. The largest absolute Gasteiger partial charge is 0.479 e. The van der Waals surface area contributed by atoms with Crippen LogP contribution >= 0.6 is 0 Å². The van der Waals surface area contributed by atoms with Crippen LogP contribution in [0.1, 0.15) is 56.4 Å². The monoisotopic (exact) mass is 406 g/mol. The molecule has 28 heavy (non-hydrogen) atoms. The van der Waals surface area contributed by atoms with Crippen LogP contribution in [0, 0.1) is 6.92 Å². The number of carbonyl (C=O) groups is 1. The summed E-state index contributed by atoms with van der Waals surface area (Å²) in [7, 11) is -2.92. The Labute approximate surface area is 165 Å². The fourth-order valence-electron chi connectivity index (χ4n) is 2.80. The molecular formula is C19H26N4O4S. The van der Waals surface area contributed by atoms with Crippen molar-refractivity contribution >= 4 is 21.7 Å². The Hall–Kier alpha value is -2.68. The van der Waals surface area contributed by atoms with Gasteiger partial charge in [0.25, 0.3) is 15.9 Å². The van der Waals surface area contributed by atoms with Gasteiger partial charge in [-0.05, 0) is 36.0 Å². The van der Waals surface area contributed by atoms with E-state index in [1.165, 1.54) is 13.2 Å². The number of nitrogens with one attached hydrogen (secondary N) is 2. The lowest BCUT2D eigenvalue weighted by Gasteiger charge is -2.20. The Morgan fingerprint density at radius 1 is 1.07 bits per heavy atom. The van der Waals surface area contributed by atoms with E-state index in [1.807, 2.05) is 50.6 Å². The third-order valence-corrected chi connectivity index (χ3v) is 5.50. The van der Waals surface area contributed by atoms with Crippen molar-refractivity contribution in [3.8, 4) is 5.88 Å². The van der Waals surface area contributed by atoms with Crippen molar-refractivity contribution in [1.29, 1.82) is 0 Å². The molecular weight excluding hydrogens is 380 g/mol. The van der Waals surface area contributed by atoms with E-state index in [2.05, 4.69) is 15.5 Å². The van der Waals surface area contributed by atoms with Gasteiger partial charge in [-0.1, -0.05) is 45.9 Å². The van der Waals surface area contributed by atoms with E-state index in [1.54, 1.807) is 6.92 Å². The molecule has 0 aliphatic rings. The number of anilines is 1. The fraction of sp³-hybridized carbons (Fsp3) is 0.421. The normalized spacial score (nSPS) is 11.6. The van der Waals surface area contributed by atoms with Crippen LogP contribution in [0.25, 0.3) is 0 Å². The first-order valence-corrected chi connectivity index (χ1v) is 10.4. The predicted octanol–water partition coefficient (Wildman–Crippen LogP) is 3.55. The fourth-order valence-corrected chi connectivity index (χ4v) is 3.88. The van der Waals surface area contributed by atoms with E-state index < -0.39 is 16.1 Å². The molecule has 1 aromatic heterocycles. The van der Waals surface area contributed by atoms with Gasteiger partial charge in [0.1, 0.15) is 0 Å². The molecule has 0 saturated carbocycles. The molecule has 9 heteroatoms. The number of sulfonamides is 1. The number of hydrogen-bond acceptors (Lipinski definition) is 6. The lowest BCUT2D eigenvalue weighted by atomic mass is 9.93. The number of methoxy groups -OCH3 is 1. The lowest BCUT2D eigenvalue weighted by Crippen LogP contribution is -2.35. The zero-order chi connectivity index (χ0) is 21.1. The van der Waals surface area contributed by atoms with Gasteiger partial charge in [-0.3, -0.25) is 0 Å². The van der Waals surface area contributed by atoms with Crippen LogP contribution in [-0.2, 0) is 10.0 Å². The maximum Gasteiger partial charge on any atom is 0.333 e. The van der Waals surface area contributed by atoms with Gasteiger partial charge in [0.2, 0.25) is 0 Å². The number of aromatic nitrogens is 2. The van der Waals surface area contributed by atoms with E-state index in [0.29, 0.717) is 11.4 Å². The summed E-state index contributed by atoms with van der Waals surface area (Å²) >= 11 is 0. The number of urea groups is 1. The first-order valence-electron chi connectivity index (χ1n) is 8.91. The SMILES string of the molecule is COc1nnc(C)cc1S(=O)(=O)NC(=O)Nc1c(C(C)C)cccc1C(C)C. The van der Waals surface area contributed by atoms with E-state index >= 15 is 0 Å². The van der Waals surface area contributed by atoms with Gasteiger partial charge in [-0.2, -0.15) is 5.10 Å². The number of hydrogen-bond donors (Lipinski definition) is 2. The molecule has 8 nitrogen and oxygen atoms in total. The minimum atomic E-state index is -4.20. The Bertz CT molecular complexity index is 946. The highest BCUT2D eigenvalue weighted by atomic mass is 32.2. The number of aryl methyl sites for hydroxylation is 1. The molecule has 2 amide bonds. The third kappa shape index (κ3) is 4.78. The summed E-state index contributed by atoms with van der Waals surface area (Å²) in [5.41, 5.74) is 2.86. The Balaban J connectivity index is 2.36. The summed E-state index contributed by atoms with van der Waals surface area (Å²) in [4.78, 5) is 12.3. The van der Waals surface area contributed by atoms with Gasteiger partial charge in [0.05, 0.1) is 12.8 Å². The van der Waals surface area contributed by atoms with Gasteiger partial charge < -0.3 is 10.1 Å². The van der Waals surface area contributed by atoms with Crippen molar-refractivity contribution in [2.75, 3.05) is 12.4 Å². The lowest BCUT2D eigenvalue weighted by molar-refractivity contribution is 0.256. The maximum atomic E-state index is 12.7. The van der Waals surface area contributed by atoms with Crippen LogP contribution in [0.2, 0.25) is 0 Å². The van der Waals surface area contributed by atoms with Crippen LogP contribution in [-0.4, -0.2) is 31.8 Å². The number of rotatable bonds is 6. The third-order valence-electron chi connectivity index (χ3n) is 4.17. The number of benzene rings is 1. The molecule has 1 heterocycles. The molecule has 0 fully saturated rings. The number of para-hydroxylation sites is 1. The van der Waals surface area contributed by atoms with Crippen LogP contribution in [0.4, 0.5) is 10.5 Å². The van der Waals surface area contributed by atoms with Crippen molar-refractivity contribution in [1.82, 2.24) is 14.9 Å². The topological polar surface area (TPSA) is 110 Å². The van der Waals surface area contributed by atoms with E-state index in [-0.39, 0.29) is 22.6 Å². The molecule has 152 valence electrons. The molecule has 0 saturated heterocycles. The van der Waals surface area contributed by atoms with E-state index in [4.69, 9.17) is 4.74 Å². The zero-order valence-electron chi connectivity index (χ0n) is 16.9. The maximum absolute atomic E-state index is 12.7. The minimum Gasteiger partial charge on any atom is -0.479 e. The number of ether oxygens (including phenoxy) is 1. The molecule has 0 unspecified atom stereocenters. The average Bonchev–Trinajstić information content (AvgIpc) is 2.60.